The van der Waals surface area contributed by atoms with E-state index in [1.54, 1.807) is 0 Å². The SMILES string of the molecule is C=CCOc1cc(O)ccc1F. The molecule has 0 saturated carbocycles. The number of benzene rings is 1. The van der Waals surface area contributed by atoms with Gasteiger partial charge in [-0.2, -0.15) is 0 Å². The van der Waals surface area contributed by atoms with Gasteiger partial charge >= 0.3 is 0 Å². The number of phenolic OH excluding ortho intramolecular Hbond substituents is 1. The molecular weight excluding hydrogens is 159 g/mol. The molecule has 1 aromatic carbocycles. The van der Waals surface area contributed by atoms with E-state index in [4.69, 9.17) is 9.84 Å². The first-order valence-electron chi connectivity index (χ1n) is 3.46. The molecule has 0 aliphatic heterocycles. The predicted molar refractivity (Wildman–Crippen MR) is 43.8 cm³/mol. The van der Waals surface area contributed by atoms with Crippen molar-refractivity contribution < 1.29 is 14.2 Å². The summed E-state index contributed by atoms with van der Waals surface area (Å²) in [6.07, 6.45) is 1.50. The second-order valence-electron chi connectivity index (χ2n) is 2.21. The van der Waals surface area contributed by atoms with Gasteiger partial charge in [0.15, 0.2) is 11.6 Å². The summed E-state index contributed by atoms with van der Waals surface area (Å²) in [5.41, 5.74) is 0. The molecule has 12 heavy (non-hydrogen) atoms. The van der Waals surface area contributed by atoms with Crippen LogP contribution in [0.5, 0.6) is 11.5 Å². The minimum Gasteiger partial charge on any atom is -0.508 e. The summed E-state index contributed by atoms with van der Waals surface area (Å²) >= 11 is 0. The van der Waals surface area contributed by atoms with E-state index in [1.807, 2.05) is 0 Å². The van der Waals surface area contributed by atoms with Gasteiger partial charge in [0.1, 0.15) is 12.4 Å². The normalized spacial score (nSPS) is 9.42. The molecule has 1 N–H and O–H groups in total. The van der Waals surface area contributed by atoms with E-state index in [1.165, 1.54) is 18.2 Å². The standard InChI is InChI=1S/C9H9FO2/c1-2-5-12-9-6-7(11)3-4-8(9)10/h2-4,6,11H,1,5H2. The van der Waals surface area contributed by atoms with Crippen molar-refractivity contribution in [3.05, 3.63) is 36.7 Å². The molecule has 3 heteroatoms. The predicted octanol–water partition coefficient (Wildman–Crippen LogP) is 2.10. The zero-order chi connectivity index (χ0) is 8.97. The number of hydrogen-bond donors (Lipinski definition) is 1. The van der Waals surface area contributed by atoms with Crippen molar-refractivity contribution in [1.82, 2.24) is 0 Å². The lowest BCUT2D eigenvalue weighted by Crippen LogP contribution is -1.94. The average molecular weight is 168 g/mol. The fraction of sp³-hybridized carbons (Fsp3) is 0.111. The summed E-state index contributed by atoms with van der Waals surface area (Å²) in [5.74, 6) is -0.472. The Morgan fingerprint density at radius 2 is 2.33 bits per heavy atom. The van der Waals surface area contributed by atoms with Gasteiger partial charge in [0.05, 0.1) is 0 Å². The molecule has 0 radical (unpaired) electrons. The van der Waals surface area contributed by atoms with Crippen LogP contribution >= 0.6 is 0 Å². The smallest absolute Gasteiger partial charge is 0.165 e. The Bertz CT molecular complexity index is 284. The van der Waals surface area contributed by atoms with Crippen LogP contribution in [0.1, 0.15) is 0 Å². The molecule has 0 saturated heterocycles. The second kappa shape index (κ2) is 3.76. The summed E-state index contributed by atoms with van der Waals surface area (Å²) in [7, 11) is 0. The molecule has 0 unspecified atom stereocenters. The Morgan fingerprint density at radius 1 is 1.58 bits per heavy atom. The Balaban J connectivity index is 2.82. The molecule has 0 bridgehead atoms. The maximum Gasteiger partial charge on any atom is 0.165 e. The Hall–Kier alpha value is -1.51. The van der Waals surface area contributed by atoms with E-state index >= 15 is 0 Å². The summed E-state index contributed by atoms with van der Waals surface area (Å²) in [4.78, 5) is 0. The first-order chi connectivity index (χ1) is 5.74. The molecule has 64 valence electrons. The van der Waals surface area contributed by atoms with Gasteiger partial charge in [0.2, 0.25) is 0 Å². The number of phenols is 1. The van der Waals surface area contributed by atoms with Crippen LogP contribution in [0, 0.1) is 5.82 Å². The van der Waals surface area contributed by atoms with Gasteiger partial charge < -0.3 is 9.84 Å². The Labute approximate surface area is 69.9 Å². The molecule has 0 atom stereocenters. The topological polar surface area (TPSA) is 29.5 Å². The molecule has 2 nitrogen and oxygen atoms in total. The second-order valence-corrected chi connectivity index (χ2v) is 2.21. The van der Waals surface area contributed by atoms with Crippen LogP contribution in [0.3, 0.4) is 0 Å². The molecule has 0 spiro atoms. The lowest BCUT2D eigenvalue weighted by atomic mass is 10.3. The van der Waals surface area contributed by atoms with Crippen LogP contribution in [-0.4, -0.2) is 11.7 Å². The fourth-order valence-electron chi connectivity index (χ4n) is 0.751. The first kappa shape index (κ1) is 8.59. The lowest BCUT2D eigenvalue weighted by Gasteiger charge is -2.03. The maximum absolute atomic E-state index is 12.8. The zero-order valence-electron chi connectivity index (χ0n) is 6.46. The van der Waals surface area contributed by atoms with E-state index in [9.17, 15) is 4.39 Å². The summed E-state index contributed by atoms with van der Waals surface area (Å²) < 4.78 is 17.7. The monoisotopic (exact) mass is 168 g/mol. The van der Waals surface area contributed by atoms with Crippen molar-refractivity contribution in [3.8, 4) is 11.5 Å². The molecule has 0 fully saturated rings. The number of aromatic hydroxyl groups is 1. The van der Waals surface area contributed by atoms with Gasteiger partial charge in [-0.25, -0.2) is 4.39 Å². The maximum atomic E-state index is 12.8. The van der Waals surface area contributed by atoms with E-state index in [-0.39, 0.29) is 18.1 Å². The average Bonchev–Trinajstić information content (AvgIpc) is 2.07. The van der Waals surface area contributed by atoms with E-state index in [0.717, 1.165) is 6.07 Å². The third-order valence-corrected chi connectivity index (χ3v) is 1.27. The summed E-state index contributed by atoms with van der Waals surface area (Å²) in [6.45, 7) is 3.64. The summed E-state index contributed by atoms with van der Waals surface area (Å²) in [6, 6.07) is 3.63. The van der Waals surface area contributed by atoms with Crippen LogP contribution in [0.4, 0.5) is 4.39 Å². The highest BCUT2D eigenvalue weighted by molar-refractivity contribution is 5.33. The van der Waals surface area contributed by atoms with Crippen LogP contribution in [0.25, 0.3) is 0 Å². The molecule has 0 amide bonds. The third-order valence-electron chi connectivity index (χ3n) is 1.27. The van der Waals surface area contributed by atoms with Crippen molar-refractivity contribution >= 4 is 0 Å². The van der Waals surface area contributed by atoms with Gasteiger partial charge in [0.25, 0.3) is 0 Å². The largest absolute Gasteiger partial charge is 0.508 e. The molecule has 1 rings (SSSR count). The minimum absolute atomic E-state index is 0.0181. The van der Waals surface area contributed by atoms with Crippen molar-refractivity contribution in [2.24, 2.45) is 0 Å². The minimum atomic E-state index is -0.491. The Kier molecular flexibility index (Phi) is 2.69. The number of halogens is 1. The lowest BCUT2D eigenvalue weighted by molar-refractivity contribution is 0.338. The van der Waals surface area contributed by atoms with E-state index in [0.29, 0.717) is 0 Å². The van der Waals surface area contributed by atoms with Crippen LogP contribution in [0.15, 0.2) is 30.9 Å². The number of hydrogen-bond acceptors (Lipinski definition) is 2. The Morgan fingerprint density at radius 3 is 3.00 bits per heavy atom. The molecule has 1 aromatic rings. The summed E-state index contributed by atoms with van der Waals surface area (Å²) in [5, 5.41) is 8.96. The van der Waals surface area contributed by atoms with Crippen molar-refractivity contribution in [1.29, 1.82) is 0 Å². The van der Waals surface area contributed by atoms with E-state index < -0.39 is 5.82 Å². The first-order valence-corrected chi connectivity index (χ1v) is 3.46. The van der Waals surface area contributed by atoms with Crippen LogP contribution < -0.4 is 4.74 Å². The highest BCUT2D eigenvalue weighted by Crippen LogP contribution is 2.22. The van der Waals surface area contributed by atoms with Crippen LogP contribution in [-0.2, 0) is 0 Å². The molecular formula is C9H9FO2. The van der Waals surface area contributed by atoms with Crippen LogP contribution in [0.2, 0.25) is 0 Å². The van der Waals surface area contributed by atoms with Gasteiger partial charge in [-0.1, -0.05) is 12.7 Å². The highest BCUT2D eigenvalue weighted by Gasteiger charge is 2.02. The van der Waals surface area contributed by atoms with Crippen molar-refractivity contribution in [2.45, 2.75) is 0 Å². The molecule has 0 heterocycles. The van der Waals surface area contributed by atoms with Crippen molar-refractivity contribution in [2.75, 3.05) is 6.61 Å². The molecule has 0 aliphatic carbocycles. The number of rotatable bonds is 3. The van der Waals surface area contributed by atoms with Gasteiger partial charge in [-0.15, -0.1) is 0 Å². The highest BCUT2D eigenvalue weighted by atomic mass is 19.1. The van der Waals surface area contributed by atoms with E-state index in [2.05, 4.69) is 6.58 Å². The molecule has 0 aromatic heterocycles. The van der Waals surface area contributed by atoms with Gasteiger partial charge in [-0.3, -0.25) is 0 Å². The fourth-order valence-corrected chi connectivity index (χ4v) is 0.751. The van der Waals surface area contributed by atoms with Gasteiger partial charge in [-0.05, 0) is 12.1 Å². The van der Waals surface area contributed by atoms with Crippen molar-refractivity contribution in [3.63, 3.8) is 0 Å². The third kappa shape index (κ3) is 1.99. The zero-order valence-corrected chi connectivity index (χ0v) is 6.46. The quantitative estimate of drug-likeness (QED) is 0.700. The molecule has 0 aliphatic rings. The number of ether oxygens (including phenoxy) is 1. The van der Waals surface area contributed by atoms with Gasteiger partial charge in [0, 0.05) is 6.07 Å².